The zero-order valence-electron chi connectivity index (χ0n) is 18.1. The fourth-order valence-corrected chi connectivity index (χ4v) is 3.61. The highest BCUT2D eigenvalue weighted by Gasteiger charge is 2.27. The Hall–Kier alpha value is -4.00. The number of carbonyl (C=O) groups is 2. The smallest absolute Gasteiger partial charge is 0.319 e. The first-order valence-electron chi connectivity index (χ1n) is 10.5. The molecule has 1 heterocycles. The van der Waals surface area contributed by atoms with Crippen molar-refractivity contribution in [3.8, 4) is 17.2 Å². The Bertz CT molecular complexity index is 1130. The molecule has 1 aliphatic rings. The summed E-state index contributed by atoms with van der Waals surface area (Å²) in [7, 11) is 1.63. The fraction of sp³-hybridized carbons (Fsp3) is 0.200. The van der Waals surface area contributed by atoms with Crippen molar-refractivity contribution in [3.05, 3.63) is 77.9 Å². The first-order chi connectivity index (χ1) is 15.6. The summed E-state index contributed by atoms with van der Waals surface area (Å²) in [6.07, 6.45) is 0.692. The van der Waals surface area contributed by atoms with Crippen LogP contribution in [0.5, 0.6) is 17.2 Å². The van der Waals surface area contributed by atoms with Crippen molar-refractivity contribution in [2.75, 3.05) is 30.4 Å². The van der Waals surface area contributed by atoms with Crippen molar-refractivity contribution < 1.29 is 19.1 Å². The van der Waals surface area contributed by atoms with Crippen LogP contribution < -0.4 is 25.0 Å². The molecule has 7 heteroatoms. The molecule has 4 rings (SSSR count). The lowest BCUT2D eigenvalue weighted by Crippen LogP contribution is -2.31. The van der Waals surface area contributed by atoms with Crippen molar-refractivity contribution in [1.29, 1.82) is 0 Å². The van der Waals surface area contributed by atoms with Gasteiger partial charge in [0.25, 0.3) is 5.91 Å². The van der Waals surface area contributed by atoms with E-state index in [1.165, 1.54) is 0 Å². The van der Waals surface area contributed by atoms with Crippen LogP contribution in [0.2, 0.25) is 0 Å². The van der Waals surface area contributed by atoms with Gasteiger partial charge >= 0.3 is 6.03 Å². The van der Waals surface area contributed by atoms with E-state index < -0.39 is 0 Å². The van der Waals surface area contributed by atoms with Crippen LogP contribution in [-0.4, -0.2) is 32.1 Å². The van der Waals surface area contributed by atoms with E-state index >= 15 is 0 Å². The first kappa shape index (κ1) is 21.2. The number of rotatable bonds is 6. The maximum Gasteiger partial charge on any atom is 0.319 e. The standard InChI is InChI=1S/C25H25N3O4/c1-3-28-21-6-4-5-7-23(21)32-22-13-10-18(16-20(22)24(28)29)27-25(30)26-15-14-17-8-11-19(31-2)12-9-17/h4-13,16H,3,14-15H2,1-2H3,(H2,26,27,30). The van der Waals surface area contributed by atoms with Gasteiger partial charge in [0.05, 0.1) is 18.4 Å². The van der Waals surface area contributed by atoms with Crippen molar-refractivity contribution in [2.24, 2.45) is 0 Å². The minimum Gasteiger partial charge on any atom is -0.497 e. The summed E-state index contributed by atoms with van der Waals surface area (Å²) in [4.78, 5) is 27.2. The second-order valence-corrected chi connectivity index (χ2v) is 7.31. The van der Waals surface area contributed by atoms with Gasteiger partial charge in [-0.2, -0.15) is 0 Å². The molecule has 0 unspecified atom stereocenters. The highest BCUT2D eigenvalue weighted by molar-refractivity contribution is 6.10. The van der Waals surface area contributed by atoms with Gasteiger partial charge in [0.2, 0.25) is 0 Å². The highest BCUT2D eigenvalue weighted by Crippen LogP contribution is 2.39. The second-order valence-electron chi connectivity index (χ2n) is 7.31. The van der Waals surface area contributed by atoms with Crippen molar-refractivity contribution in [1.82, 2.24) is 5.32 Å². The van der Waals surface area contributed by atoms with Gasteiger partial charge in [-0.1, -0.05) is 24.3 Å². The molecule has 3 aromatic carbocycles. The zero-order valence-corrected chi connectivity index (χ0v) is 18.1. The van der Waals surface area contributed by atoms with E-state index in [0.29, 0.717) is 42.3 Å². The quantitative estimate of drug-likeness (QED) is 0.586. The predicted octanol–water partition coefficient (Wildman–Crippen LogP) is 4.83. The SMILES string of the molecule is CCN1C(=O)c2cc(NC(=O)NCCc3ccc(OC)cc3)ccc2Oc2ccccc21. The van der Waals surface area contributed by atoms with Gasteiger partial charge in [-0.15, -0.1) is 0 Å². The summed E-state index contributed by atoms with van der Waals surface area (Å²) in [6.45, 7) is 2.89. The largest absolute Gasteiger partial charge is 0.497 e. The molecule has 2 N–H and O–H groups in total. The van der Waals surface area contributed by atoms with Gasteiger partial charge in [-0.25, -0.2) is 4.79 Å². The Morgan fingerprint density at radius 1 is 1.03 bits per heavy atom. The van der Waals surface area contributed by atoms with E-state index in [-0.39, 0.29) is 11.9 Å². The summed E-state index contributed by atoms with van der Waals surface area (Å²) in [5.74, 6) is 1.71. The van der Waals surface area contributed by atoms with Crippen LogP contribution in [0.25, 0.3) is 0 Å². The molecule has 3 amide bonds. The average molecular weight is 431 g/mol. The molecule has 0 aliphatic carbocycles. The lowest BCUT2D eigenvalue weighted by molar-refractivity contribution is 0.0988. The number of hydrogen-bond acceptors (Lipinski definition) is 4. The van der Waals surface area contributed by atoms with Gasteiger partial charge in [-0.3, -0.25) is 4.79 Å². The van der Waals surface area contributed by atoms with Crippen LogP contribution >= 0.6 is 0 Å². The summed E-state index contributed by atoms with van der Waals surface area (Å²) < 4.78 is 11.1. The second kappa shape index (κ2) is 9.43. The van der Waals surface area contributed by atoms with Gasteiger partial charge in [-0.05, 0) is 61.4 Å². The van der Waals surface area contributed by atoms with E-state index in [4.69, 9.17) is 9.47 Å². The third-order valence-corrected chi connectivity index (χ3v) is 5.26. The molecule has 164 valence electrons. The van der Waals surface area contributed by atoms with E-state index in [2.05, 4.69) is 10.6 Å². The lowest BCUT2D eigenvalue weighted by Gasteiger charge is -2.19. The number of fused-ring (bicyclic) bond motifs is 2. The van der Waals surface area contributed by atoms with Crippen molar-refractivity contribution >= 4 is 23.3 Å². The predicted molar refractivity (Wildman–Crippen MR) is 124 cm³/mol. The molecule has 7 nitrogen and oxygen atoms in total. The van der Waals surface area contributed by atoms with Gasteiger partial charge in [0.15, 0.2) is 5.75 Å². The Morgan fingerprint density at radius 2 is 1.81 bits per heavy atom. The summed E-state index contributed by atoms with van der Waals surface area (Å²) in [6, 6.07) is 19.9. The summed E-state index contributed by atoms with van der Waals surface area (Å²) in [5, 5.41) is 5.63. The van der Waals surface area contributed by atoms with Crippen LogP contribution in [0.4, 0.5) is 16.2 Å². The Balaban J connectivity index is 1.42. The Labute approximate surface area is 187 Å². The van der Waals surface area contributed by atoms with Gasteiger partial charge in [0, 0.05) is 18.8 Å². The van der Waals surface area contributed by atoms with E-state index in [9.17, 15) is 9.59 Å². The maximum atomic E-state index is 13.2. The normalized spacial score (nSPS) is 12.2. The lowest BCUT2D eigenvalue weighted by atomic mass is 10.1. The zero-order chi connectivity index (χ0) is 22.5. The molecule has 0 bridgehead atoms. The Morgan fingerprint density at radius 3 is 2.56 bits per heavy atom. The van der Waals surface area contributed by atoms with Crippen LogP contribution in [0.1, 0.15) is 22.8 Å². The molecule has 0 radical (unpaired) electrons. The van der Waals surface area contributed by atoms with Gasteiger partial charge in [0.1, 0.15) is 11.5 Å². The minimum atomic E-state index is -0.337. The Kier molecular flexibility index (Phi) is 6.26. The number of methoxy groups -OCH3 is 1. The molecule has 0 saturated heterocycles. The number of para-hydroxylation sites is 2. The molecule has 0 aromatic heterocycles. The number of carbonyl (C=O) groups excluding carboxylic acids is 2. The van der Waals surface area contributed by atoms with E-state index in [1.54, 1.807) is 30.2 Å². The molecule has 1 aliphatic heterocycles. The van der Waals surface area contributed by atoms with Crippen LogP contribution in [0.15, 0.2) is 66.7 Å². The third kappa shape index (κ3) is 4.51. The van der Waals surface area contributed by atoms with Crippen molar-refractivity contribution in [3.63, 3.8) is 0 Å². The number of nitrogens with zero attached hydrogens (tertiary/aromatic N) is 1. The molecule has 0 spiro atoms. The summed E-state index contributed by atoms with van der Waals surface area (Å²) >= 11 is 0. The number of nitrogens with one attached hydrogen (secondary N) is 2. The number of amides is 3. The molecule has 0 fully saturated rings. The third-order valence-electron chi connectivity index (χ3n) is 5.26. The monoisotopic (exact) mass is 431 g/mol. The molecule has 0 atom stereocenters. The topological polar surface area (TPSA) is 79.9 Å². The molecule has 0 saturated carbocycles. The molecular weight excluding hydrogens is 406 g/mol. The molecule has 3 aromatic rings. The van der Waals surface area contributed by atoms with Crippen LogP contribution in [0.3, 0.4) is 0 Å². The van der Waals surface area contributed by atoms with E-state index in [0.717, 1.165) is 17.0 Å². The maximum absolute atomic E-state index is 13.2. The minimum absolute atomic E-state index is 0.170. The number of ether oxygens (including phenoxy) is 2. The number of benzene rings is 3. The molecular formula is C25H25N3O4. The fourth-order valence-electron chi connectivity index (χ4n) is 3.61. The first-order valence-corrected chi connectivity index (χ1v) is 10.5. The van der Waals surface area contributed by atoms with Crippen LogP contribution in [0, 0.1) is 0 Å². The number of hydrogen-bond donors (Lipinski definition) is 2. The van der Waals surface area contributed by atoms with Crippen LogP contribution in [-0.2, 0) is 6.42 Å². The van der Waals surface area contributed by atoms with Gasteiger partial charge < -0.3 is 25.0 Å². The van der Waals surface area contributed by atoms with E-state index in [1.807, 2.05) is 55.5 Å². The summed E-state index contributed by atoms with van der Waals surface area (Å²) in [5.41, 5.74) is 2.74. The van der Waals surface area contributed by atoms with Crippen molar-refractivity contribution in [2.45, 2.75) is 13.3 Å². The molecule has 32 heavy (non-hydrogen) atoms. The highest BCUT2D eigenvalue weighted by atomic mass is 16.5. The number of anilines is 2. The average Bonchev–Trinajstić information content (AvgIpc) is 2.93. The number of urea groups is 1.